The molecule has 0 fully saturated rings. The molecule has 0 saturated heterocycles. The van der Waals surface area contributed by atoms with Crippen molar-refractivity contribution in [1.29, 1.82) is 0 Å². The molecule has 0 unspecified atom stereocenters. The van der Waals surface area contributed by atoms with Gasteiger partial charge in [0.25, 0.3) is 17.7 Å². The fraction of sp³-hybridized carbons (Fsp3) is 0.227. The van der Waals surface area contributed by atoms with Crippen LogP contribution in [0.4, 0.5) is 8.78 Å². The van der Waals surface area contributed by atoms with Gasteiger partial charge >= 0.3 is 0 Å². The minimum absolute atomic E-state index is 0.0373. The van der Waals surface area contributed by atoms with E-state index in [1.54, 1.807) is 37.3 Å². The van der Waals surface area contributed by atoms with E-state index in [0.29, 0.717) is 16.3 Å². The van der Waals surface area contributed by atoms with Crippen molar-refractivity contribution in [2.75, 3.05) is 6.54 Å². The highest BCUT2D eigenvalue weighted by atomic mass is 35.5. The summed E-state index contributed by atoms with van der Waals surface area (Å²) in [5.74, 6) is -3.95. The summed E-state index contributed by atoms with van der Waals surface area (Å²) in [6.45, 7) is 4.04. The first kappa shape index (κ1) is 22.9. The highest BCUT2D eigenvalue weighted by Crippen LogP contribution is 2.32. The topological polar surface area (TPSA) is 64.1 Å². The molecule has 1 amide bonds. The predicted molar refractivity (Wildman–Crippen MR) is 115 cm³/mol. The van der Waals surface area contributed by atoms with Crippen molar-refractivity contribution in [3.63, 3.8) is 0 Å². The zero-order valence-electron chi connectivity index (χ0n) is 17.0. The van der Waals surface area contributed by atoms with Gasteiger partial charge in [0, 0.05) is 16.1 Å². The van der Waals surface area contributed by atoms with E-state index in [4.69, 9.17) is 27.9 Å². The molecule has 3 rings (SSSR count). The number of ether oxygens (including phenoxy) is 1. The largest absolute Gasteiger partial charge is 0.437 e. The van der Waals surface area contributed by atoms with E-state index in [1.807, 2.05) is 6.92 Å². The second-order valence-corrected chi connectivity index (χ2v) is 7.86. The minimum atomic E-state index is -3.28. The van der Waals surface area contributed by atoms with E-state index in [1.165, 1.54) is 19.1 Å². The summed E-state index contributed by atoms with van der Waals surface area (Å²) in [7, 11) is 0. The van der Waals surface area contributed by atoms with Gasteiger partial charge in [-0.2, -0.15) is 8.78 Å². The van der Waals surface area contributed by atoms with Crippen molar-refractivity contribution < 1.29 is 18.3 Å². The molecule has 162 valence electrons. The van der Waals surface area contributed by atoms with Gasteiger partial charge in [0.2, 0.25) is 0 Å². The molecule has 1 heterocycles. The van der Waals surface area contributed by atoms with Crippen LogP contribution in [0.5, 0.6) is 11.6 Å². The van der Waals surface area contributed by atoms with Crippen LogP contribution in [-0.4, -0.2) is 22.6 Å². The van der Waals surface area contributed by atoms with Crippen molar-refractivity contribution in [3.05, 3.63) is 80.5 Å². The first-order valence-corrected chi connectivity index (χ1v) is 10.0. The van der Waals surface area contributed by atoms with Gasteiger partial charge in [-0.15, -0.1) is 10.2 Å². The Morgan fingerprint density at radius 1 is 1.10 bits per heavy atom. The van der Waals surface area contributed by atoms with Crippen LogP contribution in [-0.2, 0) is 5.92 Å². The molecule has 5 nitrogen and oxygen atoms in total. The molecular formula is C22H19Cl2F2N3O2. The quantitative estimate of drug-likeness (QED) is 0.483. The molecule has 0 spiro atoms. The van der Waals surface area contributed by atoms with Crippen molar-refractivity contribution >= 4 is 29.1 Å². The first-order valence-electron chi connectivity index (χ1n) is 9.28. The second-order valence-electron chi connectivity index (χ2n) is 7.06. The number of aryl methyl sites for hydroxylation is 2. The van der Waals surface area contributed by atoms with Gasteiger partial charge in [-0.25, -0.2) is 0 Å². The number of halogens is 4. The molecule has 0 aliphatic rings. The predicted octanol–water partition coefficient (Wildman–Crippen LogP) is 6.02. The van der Waals surface area contributed by atoms with Crippen LogP contribution in [0.15, 0.2) is 42.5 Å². The molecule has 9 heteroatoms. The third kappa shape index (κ3) is 5.29. The standard InChI is InChI=1S/C22H19Cl2F2N3O2/c1-12-7-8-17(13(2)9-12)22(25,26)11-27-20(30)18-14(3)19(24)28-29-21(18)31-16-6-4-5-15(23)10-16/h4-10H,11H2,1-3H3,(H,27,30). The number of aromatic nitrogens is 2. The highest BCUT2D eigenvalue weighted by Gasteiger charge is 2.34. The monoisotopic (exact) mass is 465 g/mol. The highest BCUT2D eigenvalue weighted by molar-refractivity contribution is 6.31. The minimum Gasteiger partial charge on any atom is -0.437 e. The summed E-state index contributed by atoms with van der Waals surface area (Å²) in [4.78, 5) is 12.8. The molecule has 0 bridgehead atoms. The van der Waals surface area contributed by atoms with E-state index < -0.39 is 18.4 Å². The van der Waals surface area contributed by atoms with Crippen LogP contribution in [0.1, 0.15) is 32.6 Å². The van der Waals surface area contributed by atoms with E-state index in [0.717, 1.165) is 5.56 Å². The summed E-state index contributed by atoms with van der Waals surface area (Å²) >= 11 is 12.0. The summed E-state index contributed by atoms with van der Waals surface area (Å²) < 4.78 is 35.2. The number of benzene rings is 2. The first-order chi connectivity index (χ1) is 14.6. The fourth-order valence-corrected chi connectivity index (χ4v) is 3.37. The van der Waals surface area contributed by atoms with Gasteiger partial charge in [-0.05, 0) is 44.5 Å². The summed E-state index contributed by atoms with van der Waals surface area (Å²) in [6.07, 6.45) is 0. The number of rotatable bonds is 6. The van der Waals surface area contributed by atoms with E-state index in [-0.39, 0.29) is 27.7 Å². The van der Waals surface area contributed by atoms with Crippen LogP contribution in [0.3, 0.4) is 0 Å². The number of hydrogen-bond acceptors (Lipinski definition) is 4. The molecule has 0 saturated carbocycles. The lowest BCUT2D eigenvalue weighted by atomic mass is 10.00. The number of carbonyl (C=O) groups is 1. The lowest BCUT2D eigenvalue weighted by Gasteiger charge is -2.20. The van der Waals surface area contributed by atoms with Gasteiger partial charge in [0.1, 0.15) is 11.3 Å². The van der Waals surface area contributed by atoms with Crippen LogP contribution in [0, 0.1) is 20.8 Å². The Morgan fingerprint density at radius 3 is 2.52 bits per heavy atom. The molecule has 31 heavy (non-hydrogen) atoms. The third-order valence-electron chi connectivity index (χ3n) is 4.61. The molecule has 3 aromatic rings. The van der Waals surface area contributed by atoms with E-state index in [9.17, 15) is 13.6 Å². The molecule has 0 aliphatic carbocycles. The van der Waals surface area contributed by atoms with E-state index >= 15 is 0 Å². The van der Waals surface area contributed by atoms with Crippen LogP contribution < -0.4 is 10.1 Å². The Hall–Kier alpha value is -2.77. The molecule has 1 aromatic heterocycles. The summed E-state index contributed by atoms with van der Waals surface area (Å²) in [5, 5.41) is 10.2. The SMILES string of the molecule is Cc1ccc(C(F)(F)CNC(=O)c2c(Oc3cccc(Cl)c3)nnc(Cl)c2C)c(C)c1. The maximum Gasteiger partial charge on any atom is 0.290 e. The molecule has 0 aliphatic heterocycles. The van der Waals surface area contributed by atoms with Gasteiger partial charge in [0.15, 0.2) is 5.15 Å². The van der Waals surface area contributed by atoms with Crippen LogP contribution >= 0.6 is 23.2 Å². The Labute approximate surface area is 188 Å². The Kier molecular flexibility index (Phi) is 6.77. The number of nitrogens with one attached hydrogen (secondary N) is 1. The average Bonchev–Trinajstić information content (AvgIpc) is 2.69. The van der Waals surface area contributed by atoms with Crippen molar-refractivity contribution in [2.45, 2.75) is 26.7 Å². The maximum atomic E-state index is 14.8. The lowest BCUT2D eigenvalue weighted by molar-refractivity contribution is -0.00311. The molecule has 0 radical (unpaired) electrons. The zero-order chi connectivity index (χ0) is 22.8. The maximum absolute atomic E-state index is 14.8. The Bertz CT molecular complexity index is 1140. The molecule has 0 atom stereocenters. The van der Waals surface area contributed by atoms with Gasteiger partial charge in [0.05, 0.1) is 6.54 Å². The second kappa shape index (κ2) is 9.16. The van der Waals surface area contributed by atoms with Crippen molar-refractivity contribution in [1.82, 2.24) is 15.5 Å². The van der Waals surface area contributed by atoms with Gasteiger partial charge < -0.3 is 10.1 Å². The van der Waals surface area contributed by atoms with Crippen molar-refractivity contribution in [2.24, 2.45) is 0 Å². The molecule has 1 N–H and O–H groups in total. The molecular weight excluding hydrogens is 447 g/mol. The number of nitrogens with zero attached hydrogens (tertiary/aromatic N) is 2. The number of hydrogen-bond donors (Lipinski definition) is 1. The summed E-state index contributed by atoms with van der Waals surface area (Å²) in [6, 6.07) is 11.1. The van der Waals surface area contributed by atoms with Crippen LogP contribution in [0.25, 0.3) is 0 Å². The lowest BCUT2D eigenvalue weighted by Crippen LogP contribution is -2.36. The van der Waals surface area contributed by atoms with Crippen LogP contribution in [0.2, 0.25) is 10.2 Å². The van der Waals surface area contributed by atoms with Gasteiger partial charge in [-0.1, -0.05) is 53.0 Å². The third-order valence-corrected chi connectivity index (χ3v) is 5.21. The van der Waals surface area contributed by atoms with Gasteiger partial charge in [-0.3, -0.25) is 4.79 Å². The number of carbonyl (C=O) groups excluding carboxylic acids is 1. The average molecular weight is 466 g/mol. The normalized spacial score (nSPS) is 11.3. The number of amides is 1. The zero-order valence-corrected chi connectivity index (χ0v) is 18.5. The summed E-state index contributed by atoms with van der Waals surface area (Å²) in [5.41, 5.74) is 1.32. The molecule has 2 aromatic carbocycles. The number of alkyl halides is 2. The van der Waals surface area contributed by atoms with E-state index in [2.05, 4.69) is 15.5 Å². The smallest absolute Gasteiger partial charge is 0.290 e. The fourth-order valence-electron chi connectivity index (χ4n) is 3.06. The van der Waals surface area contributed by atoms with Crippen molar-refractivity contribution in [3.8, 4) is 11.6 Å². The Morgan fingerprint density at radius 2 is 1.84 bits per heavy atom. The Balaban J connectivity index is 1.86.